The van der Waals surface area contributed by atoms with Gasteiger partial charge in [0.25, 0.3) is 0 Å². The molecule has 3 N–H and O–H groups in total. The fourth-order valence-corrected chi connectivity index (χ4v) is 2.49. The second kappa shape index (κ2) is 4.84. The van der Waals surface area contributed by atoms with E-state index in [2.05, 4.69) is 18.3 Å². The van der Waals surface area contributed by atoms with Crippen molar-refractivity contribution in [1.82, 2.24) is 0 Å². The first-order valence-electron chi connectivity index (χ1n) is 5.85. The van der Waals surface area contributed by atoms with E-state index in [-0.39, 0.29) is 5.41 Å². The maximum absolute atomic E-state index is 6.24. The summed E-state index contributed by atoms with van der Waals surface area (Å²) in [6.45, 7) is 7.03. The van der Waals surface area contributed by atoms with Crippen molar-refractivity contribution in [2.24, 2.45) is 11.1 Å². The van der Waals surface area contributed by atoms with Gasteiger partial charge in [0.1, 0.15) is 0 Å². The van der Waals surface area contributed by atoms with Gasteiger partial charge in [-0.25, -0.2) is 0 Å². The quantitative estimate of drug-likeness (QED) is 0.867. The molecule has 0 aromatic heterocycles. The molecule has 0 aliphatic carbocycles. The van der Waals surface area contributed by atoms with E-state index in [1.165, 1.54) is 11.1 Å². The van der Waals surface area contributed by atoms with Gasteiger partial charge in [0.15, 0.2) is 0 Å². The lowest BCUT2D eigenvalue weighted by molar-refractivity contribution is -0.0979. The molecule has 94 valence electrons. The average Bonchev–Trinajstić information content (AvgIpc) is 2.19. The Bertz CT molecular complexity index is 387. The highest BCUT2D eigenvalue weighted by atomic mass is 35.5. The zero-order chi connectivity index (χ0) is 12.5. The van der Waals surface area contributed by atoms with Gasteiger partial charge in [-0.2, -0.15) is 0 Å². The van der Waals surface area contributed by atoms with Crippen LogP contribution >= 0.6 is 11.6 Å². The maximum atomic E-state index is 6.24. The van der Waals surface area contributed by atoms with Crippen LogP contribution in [0, 0.1) is 19.3 Å². The van der Waals surface area contributed by atoms with Crippen LogP contribution in [0.1, 0.15) is 11.1 Å². The fraction of sp³-hybridized carbons (Fsp3) is 0.538. The molecule has 1 aromatic carbocycles. The molecule has 0 amide bonds. The van der Waals surface area contributed by atoms with Gasteiger partial charge in [-0.3, -0.25) is 0 Å². The molecule has 1 fully saturated rings. The molecule has 4 heteroatoms. The number of benzene rings is 1. The van der Waals surface area contributed by atoms with Crippen molar-refractivity contribution in [3.63, 3.8) is 0 Å². The van der Waals surface area contributed by atoms with Crippen molar-refractivity contribution in [3.05, 3.63) is 28.3 Å². The first-order chi connectivity index (χ1) is 8.06. The Morgan fingerprint density at radius 3 is 2.59 bits per heavy atom. The first-order valence-corrected chi connectivity index (χ1v) is 6.23. The average molecular weight is 255 g/mol. The summed E-state index contributed by atoms with van der Waals surface area (Å²) in [5.74, 6) is 0. The lowest BCUT2D eigenvalue weighted by atomic mass is 9.86. The SMILES string of the molecule is Cc1cc(C)c(NCC2(CN)COC2)c(Cl)c1. The van der Waals surface area contributed by atoms with Gasteiger partial charge in [-0.1, -0.05) is 17.7 Å². The molecule has 2 rings (SSSR count). The first kappa shape index (κ1) is 12.7. The number of nitrogens with two attached hydrogens (primary N) is 1. The third-order valence-corrected chi connectivity index (χ3v) is 3.62. The third-order valence-electron chi connectivity index (χ3n) is 3.32. The Balaban J connectivity index is 2.09. The summed E-state index contributed by atoms with van der Waals surface area (Å²) in [6.07, 6.45) is 0. The van der Waals surface area contributed by atoms with Gasteiger partial charge in [-0.15, -0.1) is 0 Å². The van der Waals surface area contributed by atoms with Crippen LogP contribution in [0.5, 0.6) is 0 Å². The van der Waals surface area contributed by atoms with Gasteiger partial charge in [0.05, 0.1) is 23.9 Å². The molecule has 0 saturated carbocycles. The van der Waals surface area contributed by atoms with Crippen molar-refractivity contribution in [3.8, 4) is 0 Å². The topological polar surface area (TPSA) is 47.3 Å². The Hall–Kier alpha value is -0.770. The summed E-state index contributed by atoms with van der Waals surface area (Å²) in [4.78, 5) is 0. The summed E-state index contributed by atoms with van der Waals surface area (Å²) in [7, 11) is 0. The van der Waals surface area contributed by atoms with E-state index < -0.39 is 0 Å². The molecule has 17 heavy (non-hydrogen) atoms. The maximum Gasteiger partial charge on any atom is 0.0642 e. The van der Waals surface area contributed by atoms with Crippen molar-refractivity contribution in [2.45, 2.75) is 13.8 Å². The van der Waals surface area contributed by atoms with Crippen LogP contribution in [0.2, 0.25) is 5.02 Å². The van der Waals surface area contributed by atoms with E-state index in [0.29, 0.717) is 6.54 Å². The highest BCUT2D eigenvalue weighted by molar-refractivity contribution is 6.33. The Morgan fingerprint density at radius 1 is 1.41 bits per heavy atom. The number of nitrogens with one attached hydrogen (secondary N) is 1. The van der Waals surface area contributed by atoms with E-state index in [0.717, 1.165) is 30.5 Å². The molecular formula is C13H19ClN2O. The minimum atomic E-state index is 0.0840. The van der Waals surface area contributed by atoms with E-state index >= 15 is 0 Å². The number of aryl methyl sites for hydroxylation is 2. The minimum Gasteiger partial charge on any atom is -0.383 e. The number of hydrogen-bond acceptors (Lipinski definition) is 3. The Kier molecular flexibility index (Phi) is 3.61. The zero-order valence-electron chi connectivity index (χ0n) is 10.3. The molecule has 0 bridgehead atoms. The second-order valence-electron chi connectivity index (χ2n) is 4.99. The largest absolute Gasteiger partial charge is 0.383 e. The monoisotopic (exact) mass is 254 g/mol. The van der Waals surface area contributed by atoms with Crippen molar-refractivity contribution in [2.75, 3.05) is 31.6 Å². The number of rotatable bonds is 4. The summed E-state index contributed by atoms with van der Waals surface area (Å²) in [5, 5.41) is 4.18. The van der Waals surface area contributed by atoms with Crippen LogP contribution in [0.3, 0.4) is 0 Å². The molecule has 1 saturated heterocycles. The molecule has 1 aliphatic rings. The normalized spacial score (nSPS) is 17.6. The Morgan fingerprint density at radius 2 is 2.12 bits per heavy atom. The van der Waals surface area contributed by atoms with Crippen LogP contribution in [0.15, 0.2) is 12.1 Å². The van der Waals surface area contributed by atoms with Crippen LogP contribution in [-0.2, 0) is 4.74 Å². The number of hydrogen-bond donors (Lipinski definition) is 2. The van der Waals surface area contributed by atoms with Gasteiger partial charge >= 0.3 is 0 Å². The summed E-state index contributed by atoms with van der Waals surface area (Å²) < 4.78 is 5.24. The highest BCUT2D eigenvalue weighted by Crippen LogP contribution is 2.31. The van der Waals surface area contributed by atoms with Crippen molar-refractivity contribution < 1.29 is 4.74 Å². The molecule has 3 nitrogen and oxygen atoms in total. The molecule has 1 aromatic rings. The zero-order valence-corrected chi connectivity index (χ0v) is 11.1. The molecular weight excluding hydrogens is 236 g/mol. The number of ether oxygens (including phenoxy) is 1. The van der Waals surface area contributed by atoms with E-state index in [9.17, 15) is 0 Å². The summed E-state index contributed by atoms with van der Waals surface area (Å²) in [6, 6.07) is 4.10. The van der Waals surface area contributed by atoms with Crippen LogP contribution < -0.4 is 11.1 Å². The molecule has 1 aliphatic heterocycles. The molecule has 0 unspecified atom stereocenters. The minimum absolute atomic E-state index is 0.0840. The second-order valence-corrected chi connectivity index (χ2v) is 5.40. The van der Waals surface area contributed by atoms with Crippen molar-refractivity contribution >= 4 is 17.3 Å². The summed E-state index contributed by atoms with van der Waals surface area (Å²) >= 11 is 6.24. The fourth-order valence-electron chi connectivity index (χ4n) is 2.10. The van der Waals surface area contributed by atoms with E-state index in [1.807, 2.05) is 13.0 Å². The van der Waals surface area contributed by atoms with Gasteiger partial charge < -0.3 is 15.8 Å². The molecule has 0 atom stereocenters. The van der Waals surface area contributed by atoms with E-state index in [4.69, 9.17) is 22.1 Å². The molecule has 0 radical (unpaired) electrons. The lowest BCUT2D eigenvalue weighted by Crippen LogP contribution is -2.52. The highest BCUT2D eigenvalue weighted by Gasteiger charge is 2.37. The summed E-state index contributed by atoms with van der Waals surface area (Å²) in [5.41, 5.74) is 9.22. The van der Waals surface area contributed by atoms with Crippen LogP contribution in [0.25, 0.3) is 0 Å². The Labute approximate surface area is 107 Å². The number of halogens is 1. The van der Waals surface area contributed by atoms with Gasteiger partial charge in [-0.05, 0) is 31.0 Å². The van der Waals surface area contributed by atoms with E-state index in [1.54, 1.807) is 0 Å². The van der Waals surface area contributed by atoms with Crippen molar-refractivity contribution in [1.29, 1.82) is 0 Å². The van der Waals surface area contributed by atoms with Crippen LogP contribution in [-0.4, -0.2) is 26.3 Å². The standard InChI is InChI=1S/C13H19ClN2O/c1-9-3-10(2)12(11(14)4-9)16-6-13(5-15)7-17-8-13/h3-4,16H,5-8,15H2,1-2H3. The third kappa shape index (κ3) is 2.57. The van der Waals surface area contributed by atoms with Gasteiger partial charge in [0.2, 0.25) is 0 Å². The lowest BCUT2D eigenvalue weighted by Gasteiger charge is -2.41. The predicted octanol–water partition coefficient (Wildman–Crippen LogP) is 2.34. The van der Waals surface area contributed by atoms with Crippen LogP contribution in [0.4, 0.5) is 5.69 Å². The predicted molar refractivity (Wildman–Crippen MR) is 71.7 cm³/mol. The molecule has 1 heterocycles. The smallest absolute Gasteiger partial charge is 0.0642 e. The van der Waals surface area contributed by atoms with Gasteiger partial charge in [0, 0.05) is 18.5 Å². The number of anilines is 1. The molecule has 0 spiro atoms.